The number of carbonyl (C=O) groups is 1. The molecule has 1 aromatic carbocycles. The van der Waals surface area contributed by atoms with Crippen molar-refractivity contribution in [2.45, 2.75) is 5.92 Å². The fraction of sp³-hybridized carbons (Fsp3) is 0.250. The molecule has 4 N–H and O–H groups in total. The fourth-order valence-corrected chi connectivity index (χ4v) is 1.93. The van der Waals surface area contributed by atoms with Crippen LogP contribution in [-0.2, 0) is 4.79 Å². The van der Waals surface area contributed by atoms with E-state index in [1.807, 2.05) is 30.5 Å². The predicted molar refractivity (Wildman–Crippen MR) is 64.2 cm³/mol. The summed E-state index contributed by atoms with van der Waals surface area (Å²) in [5, 5.41) is 3.69. The monoisotopic (exact) mass is 217 g/mol. The van der Waals surface area contributed by atoms with Crippen LogP contribution in [0.15, 0.2) is 30.5 Å². The smallest absolute Gasteiger partial charge is 0.228 e. The molecule has 84 valence electrons. The third-order valence-corrected chi connectivity index (χ3v) is 2.80. The lowest BCUT2D eigenvalue weighted by Crippen LogP contribution is -2.30. The summed E-state index contributed by atoms with van der Waals surface area (Å²) in [4.78, 5) is 14.8. The van der Waals surface area contributed by atoms with E-state index in [0.717, 1.165) is 16.5 Å². The zero-order valence-electron chi connectivity index (χ0n) is 9.16. The molecule has 0 aliphatic rings. The maximum absolute atomic E-state index is 11.7. The minimum Gasteiger partial charge on any atom is -0.361 e. The van der Waals surface area contributed by atoms with Gasteiger partial charge in [0, 0.05) is 30.7 Å². The molecule has 0 radical (unpaired) electrons. The normalized spacial score (nSPS) is 12.6. The molecule has 0 bridgehead atoms. The number of aromatic amines is 1. The lowest BCUT2D eigenvalue weighted by molar-refractivity contribution is -0.121. The van der Waals surface area contributed by atoms with E-state index in [4.69, 9.17) is 5.73 Å². The number of benzene rings is 1. The fourth-order valence-electron chi connectivity index (χ4n) is 1.93. The van der Waals surface area contributed by atoms with Crippen LogP contribution in [0.1, 0.15) is 11.5 Å². The number of carbonyl (C=O) groups excluding carboxylic acids is 1. The van der Waals surface area contributed by atoms with Gasteiger partial charge in [-0.05, 0) is 11.6 Å². The van der Waals surface area contributed by atoms with Crippen molar-refractivity contribution >= 4 is 16.8 Å². The van der Waals surface area contributed by atoms with Gasteiger partial charge < -0.3 is 16.0 Å². The summed E-state index contributed by atoms with van der Waals surface area (Å²) in [7, 11) is 1.62. The van der Waals surface area contributed by atoms with E-state index in [2.05, 4.69) is 10.3 Å². The molecular weight excluding hydrogens is 202 g/mol. The number of amides is 1. The first-order valence-corrected chi connectivity index (χ1v) is 5.25. The second-order valence-electron chi connectivity index (χ2n) is 3.69. The average Bonchev–Trinajstić information content (AvgIpc) is 2.74. The van der Waals surface area contributed by atoms with Crippen LogP contribution in [0.2, 0.25) is 0 Å². The van der Waals surface area contributed by atoms with E-state index in [1.165, 1.54) is 0 Å². The minimum absolute atomic E-state index is 0.0488. The summed E-state index contributed by atoms with van der Waals surface area (Å²) in [6.07, 6.45) is 1.86. The van der Waals surface area contributed by atoms with E-state index in [-0.39, 0.29) is 11.8 Å². The number of fused-ring (bicyclic) bond motifs is 1. The second-order valence-corrected chi connectivity index (χ2v) is 3.69. The van der Waals surface area contributed by atoms with Crippen molar-refractivity contribution in [1.82, 2.24) is 10.3 Å². The van der Waals surface area contributed by atoms with Crippen LogP contribution < -0.4 is 11.1 Å². The van der Waals surface area contributed by atoms with Gasteiger partial charge in [-0.25, -0.2) is 0 Å². The molecule has 0 fully saturated rings. The highest BCUT2D eigenvalue weighted by atomic mass is 16.1. The Balaban J connectivity index is 2.49. The molecular formula is C12H15N3O. The van der Waals surface area contributed by atoms with Gasteiger partial charge in [-0.2, -0.15) is 0 Å². The second kappa shape index (κ2) is 4.37. The summed E-state index contributed by atoms with van der Waals surface area (Å²) >= 11 is 0. The van der Waals surface area contributed by atoms with E-state index in [0.29, 0.717) is 6.54 Å². The summed E-state index contributed by atoms with van der Waals surface area (Å²) in [5.74, 6) is -0.339. The predicted octanol–water partition coefficient (Wildman–Crippen LogP) is 0.956. The molecule has 4 nitrogen and oxygen atoms in total. The molecule has 2 rings (SSSR count). The molecule has 1 heterocycles. The zero-order valence-corrected chi connectivity index (χ0v) is 9.16. The Hall–Kier alpha value is -1.81. The number of nitrogens with one attached hydrogen (secondary N) is 2. The van der Waals surface area contributed by atoms with Gasteiger partial charge in [-0.15, -0.1) is 0 Å². The number of hydrogen-bond donors (Lipinski definition) is 3. The quantitative estimate of drug-likeness (QED) is 0.716. The summed E-state index contributed by atoms with van der Waals surface area (Å²) in [5.41, 5.74) is 7.64. The van der Waals surface area contributed by atoms with E-state index >= 15 is 0 Å². The number of hydrogen-bond acceptors (Lipinski definition) is 2. The number of likely N-dealkylation sites (N-methyl/N-ethyl adjacent to an activating group) is 1. The van der Waals surface area contributed by atoms with Crippen LogP contribution in [0.5, 0.6) is 0 Å². The molecule has 1 amide bonds. The first kappa shape index (κ1) is 10.7. The summed E-state index contributed by atoms with van der Waals surface area (Å²) in [6.45, 7) is 0.307. The van der Waals surface area contributed by atoms with E-state index in [1.54, 1.807) is 7.05 Å². The molecule has 1 atom stereocenters. The molecule has 0 aliphatic heterocycles. The van der Waals surface area contributed by atoms with Crippen LogP contribution >= 0.6 is 0 Å². The first-order chi connectivity index (χ1) is 7.77. The minimum atomic E-state index is -0.291. The topological polar surface area (TPSA) is 70.9 Å². The maximum Gasteiger partial charge on any atom is 0.228 e. The van der Waals surface area contributed by atoms with Crippen molar-refractivity contribution in [2.24, 2.45) is 5.73 Å². The molecule has 4 heteroatoms. The Morgan fingerprint density at radius 2 is 2.25 bits per heavy atom. The highest BCUT2D eigenvalue weighted by molar-refractivity contribution is 5.92. The van der Waals surface area contributed by atoms with E-state index < -0.39 is 0 Å². The Morgan fingerprint density at radius 1 is 1.50 bits per heavy atom. The molecule has 1 aromatic heterocycles. The molecule has 0 aliphatic carbocycles. The Kier molecular flexibility index (Phi) is 2.92. The van der Waals surface area contributed by atoms with Crippen LogP contribution in [-0.4, -0.2) is 24.5 Å². The van der Waals surface area contributed by atoms with Gasteiger partial charge in [-0.1, -0.05) is 18.2 Å². The van der Waals surface area contributed by atoms with Gasteiger partial charge in [0.25, 0.3) is 0 Å². The Labute approximate surface area is 93.8 Å². The third kappa shape index (κ3) is 1.67. The lowest BCUT2D eigenvalue weighted by atomic mass is 9.98. The van der Waals surface area contributed by atoms with E-state index in [9.17, 15) is 4.79 Å². The van der Waals surface area contributed by atoms with Crippen molar-refractivity contribution in [3.05, 3.63) is 36.0 Å². The average molecular weight is 217 g/mol. The van der Waals surface area contributed by atoms with Crippen LogP contribution in [0.4, 0.5) is 0 Å². The third-order valence-electron chi connectivity index (χ3n) is 2.80. The van der Waals surface area contributed by atoms with Gasteiger partial charge in [0.1, 0.15) is 0 Å². The molecule has 0 spiro atoms. The molecule has 16 heavy (non-hydrogen) atoms. The molecule has 1 unspecified atom stereocenters. The standard InChI is InChI=1S/C12H15N3O/c1-14-12(16)9(6-13)10-7-15-11-5-3-2-4-8(10)11/h2-5,7,9,15H,6,13H2,1H3,(H,14,16). The van der Waals surface area contributed by atoms with Gasteiger partial charge in [0.2, 0.25) is 5.91 Å². The van der Waals surface area contributed by atoms with Crippen LogP contribution in [0, 0.1) is 0 Å². The van der Waals surface area contributed by atoms with Crippen LogP contribution in [0.3, 0.4) is 0 Å². The summed E-state index contributed by atoms with van der Waals surface area (Å²) in [6, 6.07) is 7.89. The van der Waals surface area contributed by atoms with Crippen LogP contribution in [0.25, 0.3) is 10.9 Å². The zero-order chi connectivity index (χ0) is 11.5. The van der Waals surface area contributed by atoms with Crippen molar-refractivity contribution < 1.29 is 4.79 Å². The maximum atomic E-state index is 11.7. The Bertz CT molecular complexity index is 504. The number of aromatic nitrogens is 1. The summed E-state index contributed by atoms with van der Waals surface area (Å²) < 4.78 is 0. The van der Waals surface area contributed by atoms with Gasteiger partial charge in [0.15, 0.2) is 0 Å². The number of H-pyrrole nitrogens is 1. The van der Waals surface area contributed by atoms with Crippen molar-refractivity contribution in [3.8, 4) is 0 Å². The van der Waals surface area contributed by atoms with Gasteiger partial charge in [0.05, 0.1) is 5.92 Å². The van der Waals surface area contributed by atoms with Gasteiger partial charge in [-0.3, -0.25) is 4.79 Å². The van der Waals surface area contributed by atoms with Crippen molar-refractivity contribution in [2.75, 3.05) is 13.6 Å². The largest absolute Gasteiger partial charge is 0.361 e. The molecule has 2 aromatic rings. The highest BCUT2D eigenvalue weighted by Gasteiger charge is 2.20. The highest BCUT2D eigenvalue weighted by Crippen LogP contribution is 2.24. The number of rotatable bonds is 3. The molecule has 0 saturated carbocycles. The SMILES string of the molecule is CNC(=O)C(CN)c1c[nH]c2ccccc12. The number of para-hydroxylation sites is 1. The first-order valence-electron chi connectivity index (χ1n) is 5.25. The van der Waals surface area contributed by atoms with Crippen molar-refractivity contribution in [1.29, 1.82) is 0 Å². The van der Waals surface area contributed by atoms with Gasteiger partial charge >= 0.3 is 0 Å². The Morgan fingerprint density at radius 3 is 2.94 bits per heavy atom. The lowest BCUT2D eigenvalue weighted by Gasteiger charge is -2.11. The van der Waals surface area contributed by atoms with Crippen molar-refractivity contribution in [3.63, 3.8) is 0 Å². The molecule has 0 saturated heterocycles. The number of nitrogens with two attached hydrogens (primary N) is 1.